The summed E-state index contributed by atoms with van der Waals surface area (Å²) < 4.78 is 4.70. The minimum absolute atomic E-state index is 0.216. The minimum Gasteiger partial charge on any atom is -0.386 e. The molecule has 0 atom stereocenters. The molecule has 3 heteroatoms. The van der Waals surface area contributed by atoms with Gasteiger partial charge in [0.15, 0.2) is 0 Å². The van der Waals surface area contributed by atoms with E-state index in [0.29, 0.717) is 11.1 Å². The second-order valence-corrected chi connectivity index (χ2v) is 4.27. The zero-order valence-corrected chi connectivity index (χ0v) is 9.84. The number of carbonyl (C=O) groups is 2. The number of hydrogen-bond donors (Lipinski definition) is 0. The number of carbonyl (C=O) groups excluding carboxylic acids is 2. The standard InChI is InChI=1S/C14H14O3/c1-9-5-3-7-11-10(2)12(8-4-6-9)14(16)17-13(11)15/h3-10H,1-2H3/b5-3-,6-4-,11-7+,12-8+. The number of cyclic esters (lactones) is 2. The van der Waals surface area contributed by atoms with E-state index in [0.717, 1.165) is 0 Å². The lowest BCUT2D eigenvalue weighted by Crippen LogP contribution is -2.29. The van der Waals surface area contributed by atoms with Gasteiger partial charge >= 0.3 is 11.9 Å². The van der Waals surface area contributed by atoms with E-state index in [1.807, 2.05) is 38.2 Å². The highest BCUT2D eigenvalue weighted by Crippen LogP contribution is 2.28. The van der Waals surface area contributed by atoms with Gasteiger partial charge in [-0.1, -0.05) is 50.3 Å². The molecule has 0 aromatic rings. The number of ether oxygens (including phenoxy) is 1. The van der Waals surface area contributed by atoms with Crippen molar-refractivity contribution < 1.29 is 14.3 Å². The largest absolute Gasteiger partial charge is 0.386 e. The molecule has 3 nitrogen and oxygen atoms in total. The van der Waals surface area contributed by atoms with Crippen molar-refractivity contribution in [2.45, 2.75) is 13.8 Å². The fourth-order valence-corrected chi connectivity index (χ4v) is 1.88. The molecule has 0 unspecified atom stereocenters. The van der Waals surface area contributed by atoms with Crippen molar-refractivity contribution in [1.29, 1.82) is 0 Å². The van der Waals surface area contributed by atoms with E-state index in [9.17, 15) is 9.59 Å². The van der Waals surface area contributed by atoms with Crippen LogP contribution in [0.3, 0.4) is 0 Å². The van der Waals surface area contributed by atoms with E-state index in [1.165, 1.54) is 0 Å². The van der Waals surface area contributed by atoms with Gasteiger partial charge in [0.1, 0.15) is 0 Å². The van der Waals surface area contributed by atoms with Crippen molar-refractivity contribution in [1.82, 2.24) is 0 Å². The fourth-order valence-electron chi connectivity index (χ4n) is 1.88. The van der Waals surface area contributed by atoms with Gasteiger partial charge in [-0.2, -0.15) is 0 Å². The van der Waals surface area contributed by atoms with Gasteiger partial charge in [-0.25, -0.2) is 9.59 Å². The first-order chi connectivity index (χ1) is 8.09. The SMILES string of the molecule is CC1/C=C\C=C2\C(=O)OC(=O)/C(=C/C=C\1)C2C. The third-order valence-corrected chi connectivity index (χ3v) is 2.97. The van der Waals surface area contributed by atoms with Crippen molar-refractivity contribution in [3.8, 4) is 0 Å². The monoisotopic (exact) mass is 230 g/mol. The van der Waals surface area contributed by atoms with Crippen molar-refractivity contribution in [3.63, 3.8) is 0 Å². The molecule has 0 radical (unpaired) electrons. The molecule has 17 heavy (non-hydrogen) atoms. The maximum absolute atomic E-state index is 11.6. The van der Waals surface area contributed by atoms with Crippen molar-refractivity contribution >= 4 is 11.9 Å². The van der Waals surface area contributed by atoms with Crippen LogP contribution in [-0.2, 0) is 14.3 Å². The molecule has 0 spiro atoms. The molecular weight excluding hydrogens is 216 g/mol. The summed E-state index contributed by atoms with van der Waals surface area (Å²) in [7, 11) is 0. The highest BCUT2D eigenvalue weighted by atomic mass is 16.6. The molecule has 1 heterocycles. The molecule has 0 aromatic carbocycles. The molecule has 1 aliphatic heterocycles. The maximum atomic E-state index is 11.6. The van der Waals surface area contributed by atoms with Gasteiger partial charge in [-0.05, 0) is 5.92 Å². The Hall–Kier alpha value is -1.90. The zero-order valence-electron chi connectivity index (χ0n) is 9.84. The Morgan fingerprint density at radius 1 is 0.941 bits per heavy atom. The smallest absolute Gasteiger partial charge is 0.342 e. The molecular formula is C14H14O3. The Kier molecular flexibility index (Phi) is 3.09. The summed E-state index contributed by atoms with van der Waals surface area (Å²) >= 11 is 0. The van der Waals surface area contributed by atoms with Crippen LogP contribution in [0.5, 0.6) is 0 Å². The van der Waals surface area contributed by atoms with Crippen LogP contribution >= 0.6 is 0 Å². The first-order valence-electron chi connectivity index (χ1n) is 5.63. The predicted octanol–water partition coefficient (Wildman–Crippen LogP) is 2.32. The summed E-state index contributed by atoms with van der Waals surface area (Å²) in [6.45, 7) is 3.87. The molecule has 0 N–H and O–H groups in total. The molecule has 0 aromatic heterocycles. The van der Waals surface area contributed by atoms with E-state index < -0.39 is 11.9 Å². The van der Waals surface area contributed by atoms with Crippen LogP contribution in [-0.4, -0.2) is 11.9 Å². The number of rotatable bonds is 0. The molecule has 0 saturated carbocycles. The minimum atomic E-state index is -0.540. The van der Waals surface area contributed by atoms with E-state index in [4.69, 9.17) is 4.74 Å². The lowest BCUT2D eigenvalue weighted by molar-refractivity contribution is -0.156. The molecule has 1 aliphatic carbocycles. The van der Waals surface area contributed by atoms with Crippen LogP contribution in [0.25, 0.3) is 0 Å². The Bertz CT molecular complexity index is 436. The molecule has 2 rings (SSSR count). The summed E-state index contributed by atoms with van der Waals surface area (Å²) in [5.41, 5.74) is 1.05. The van der Waals surface area contributed by atoms with Crippen LogP contribution < -0.4 is 0 Å². The second kappa shape index (κ2) is 4.53. The number of allylic oxidation sites excluding steroid dienone is 6. The van der Waals surface area contributed by atoms with Gasteiger partial charge in [0, 0.05) is 17.1 Å². The van der Waals surface area contributed by atoms with E-state index in [-0.39, 0.29) is 11.8 Å². The van der Waals surface area contributed by atoms with Crippen LogP contribution in [0.2, 0.25) is 0 Å². The molecule has 2 aliphatic rings. The summed E-state index contributed by atoms with van der Waals surface area (Å²) in [6.07, 6.45) is 11.1. The van der Waals surface area contributed by atoms with Crippen LogP contribution in [0.1, 0.15) is 13.8 Å². The average Bonchev–Trinajstić information content (AvgIpc) is 2.26. The maximum Gasteiger partial charge on any atom is 0.342 e. The Morgan fingerprint density at radius 2 is 1.41 bits per heavy atom. The number of fused-ring (bicyclic) bond motifs is 2. The summed E-state index contributed by atoms with van der Waals surface area (Å²) in [4.78, 5) is 23.2. The third-order valence-electron chi connectivity index (χ3n) is 2.97. The van der Waals surface area contributed by atoms with E-state index in [1.54, 1.807) is 12.2 Å². The first kappa shape index (κ1) is 11.6. The summed E-state index contributed by atoms with van der Waals surface area (Å²) in [6, 6.07) is 0. The number of hydrogen-bond acceptors (Lipinski definition) is 3. The highest BCUT2D eigenvalue weighted by Gasteiger charge is 2.33. The zero-order chi connectivity index (χ0) is 12.4. The summed E-state index contributed by atoms with van der Waals surface area (Å²) in [5, 5.41) is 0. The second-order valence-electron chi connectivity index (χ2n) is 4.27. The van der Waals surface area contributed by atoms with Crippen LogP contribution in [0.4, 0.5) is 0 Å². The van der Waals surface area contributed by atoms with Crippen LogP contribution in [0.15, 0.2) is 47.6 Å². The van der Waals surface area contributed by atoms with Crippen molar-refractivity contribution in [2.75, 3.05) is 0 Å². The Morgan fingerprint density at radius 3 is 1.88 bits per heavy atom. The fraction of sp³-hybridized carbons (Fsp3) is 0.286. The van der Waals surface area contributed by atoms with Gasteiger partial charge in [-0.15, -0.1) is 0 Å². The first-order valence-corrected chi connectivity index (χ1v) is 5.63. The molecule has 88 valence electrons. The van der Waals surface area contributed by atoms with Gasteiger partial charge in [-0.3, -0.25) is 0 Å². The van der Waals surface area contributed by atoms with Crippen LogP contribution in [0, 0.1) is 11.8 Å². The lowest BCUT2D eigenvalue weighted by atomic mass is 9.89. The topological polar surface area (TPSA) is 43.4 Å². The molecule has 1 saturated heterocycles. The van der Waals surface area contributed by atoms with Gasteiger partial charge in [0.2, 0.25) is 0 Å². The van der Waals surface area contributed by atoms with Gasteiger partial charge in [0.05, 0.1) is 0 Å². The highest BCUT2D eigenvalue weighted by molar-refractivity contribution is 6.07. The number of esters is 2. The third kappa shape index (κ3) is 2.28. The lowest BCUT2D eigenvalue weighted by Gasteiger charge is -2.22. The molecule has 0 amide bonds. The molecule has 1 fully saturated rings. The van der Waals surface area contributed by atoms with E-state index in [2.05, 4.69) is 0 Å². The predicted molar refractivity (Wildman–Crippen MR) is 63.9 cm³/mol. The summed E-state index contributed by atoms with van der Waals surface area (Å²) in [5.74, 6) is -1.03. The average molecular weight is 230 g/mol. The van der Waals surface area contributed by atoms with Gasteiger partial charge in [0.25, 0.3) is 0 Å². The quantitative estimate of drug-likeness (QED) is 0.474. The van der Waals surface area contributed by atoms with Crippen molar-refractivity contribution in [2.24, 2.45) is 11.8 Å². The normalized spacial score (nSPS) is 38.2. The Balaban J connectivity index is 2.49. The van der Waals surface area contributed by atoms with Gasteiger partial charge < -0.3 is 4.74 Å². The Labute approximate surface area is 100 Å². The molecule has 2 bridgehead atoms. The van der Waals surface area contributed by atoms with E-state index >= 15 is 0 Å². The van der Waals surface area contributed by atoms with Crippen molar-refractivity contribution in [3.05, 3.63) is 47.6 Å².